The SMILES string of the molecule is CN(C)CCNCc1ccccc1OCc1c(F)cccc1Cl. The van der Waals surface area contributed by atoms with E-state index in [0.29, 0.717) is 17.1 Å². The topological polar surface area (TPSA) is 24.5 Å². The van der Waals surface area contributed by atoms with Crippen molar-refractivity contribution in [2.24, 2.45) is 0 Å². The summed E-state index contributed by atoms with van der Waals surface area (Å²) >= 11 is 6.03. The molecular formula is C18H22ClFN2O. The first-order valence-corrected chi connectivity index (χ1v) is 7.94. The standard InChI is InChI=1S/C18H22ClFN2O/c1-22(2)11-10-21-12-14-6-3-4-9-18(14)23-13-15-16(19)7-5-8-17(15)20/h3-9,21H,10-13H2,1-2H3. The van der Waals surface area contributed by atoms with E-state index in [9.17, 15) is 4.39 Å². The van der Waals surface area contributed by atoms with Gasteiger partial charge in [0.1, 0.15) is 18.2 Å². The van der Waals surface area contributed by atoms with E-state index in [1.807, 2.05) is 38.4 Å². The van der Waals surface area contributed by atoms with Gasteiger partial charge >= 0.3 is 0 Å². The molecule has 2 rings (SSSR count). The number of benzene rings is 2. The quantitative estimate of drug-likeness (QED) is 0.744. The lowest BCUT2D eigenvalue weighted by Crippen LogP contribution is -2.26. The summed E-state index contributed by atoms with van der Waals surface area (Å²) in [6, 6.07) is 12.4. The van der Waals surface area contributed by atoms with Gasteiger partial charge in [-0.05, 0) is 32.3 Å². The van der Waals surface area contributed by atoms with E-state index in [0.717, 1.165) is 24.4 Å². The summed E-state index contributed by atoms with van der Waals surface area (Å²) in [4.78, 5) is 2.12. The molecule has 0 radical (unpaired) electrons. The molecule has 124 valence electrons. The predicted molar refractivity (Wildman–Crippen MR) is 92.4 cm³/mol. The van der Waals surface area contributed by atoms with E-state index < -0.39 is 0 Å². The van der Waals surface area contributed by atoms with Crippen molar-refractivity contribution in [3.63, 3.8) is 0 Å². The molecule has 0 aliphatic carbocycles. The molecule has 23 heavy (non-hydrogen) atoms. The minimum atomic E-state index is -0.348. The zero-order valence-electron chi connectivity index (χ0n) is 13.5. The molecule has 0 saturated heterocycles. The van der Waals surface area contributed by atoms with Crippen molar-refractivity contribution in [2.45, 2.75) is 13.2 Å². The van der Waals surface area contributed by atoms with Gasteiger partial charge in [-0.1, -0.05) is 35.9 Å². The zero-order valence-corrected chi connectivity index (χ0v) is 14.2. The van der Waals surface area contributed by atoms with Crippen molar-refractivity contribution >= 4 is 11.6 Å². The highest BCUT2D eigenvalue weighted by Crippen LogP contribution is 2.23. The molecular weight excluding hydrogens is 315 g/mol. The molecule has 0 aromatic heterocycles. The number of ether oxygens (including phenoxy) is 1. The van der Waals surface area contributed by atoms with E-state index in [1.54, 1.807) is 12.1 Å². The van der Waals surface area contributed by atoms with Crippen LogP contribution in [0.2, 0.25) is 5.02 Å². The molecule has 0 amide bonds. The Hall–Kier alpha value is -1.62. The first-order valence-electron chi connectivity index (χ1n) is 7.57. The first-order chi connectivity index (χ1) is 11.1. The highest BCUT2D eigenvalue weighted by Gasteiger charge is 2.09. The minimum Gasteiger partial charge on any atom is -0.488 e. The highest BCUT2D eigenvalue weighted by molar-refractivity contribution is 6.31. The smallest absolute Gasteiger partial charge is 0.131 e. The van der Waals surface area contributed by atoms with E-state index >= 15 is 0 Å². The third-order valence-corrected chi connectivity index (χ3v) is 3.81. The third kappa shape index (κ3) is 5.50. The Morgan fingerprint density at radius 2 is 1.91 bits per heavy atom. The van der Waals surface area contributed by atoms with Gasteiger partial charge < -0.3 is 15.0 Å². The number of likely N-dealkylation sites (N-methyl/N-ethyl adjacent to an activating group) is 1. The minimum absolute atomic E-state index is 0.111. The maximum absolute atomic E-state index is 13.8. The molecule has 0 heterocycles. The van der Waals surface area contributed by atoms with Crippen molar-refractivity contribution in [3.05, 3.63) is 64.4 Å². The second kappa shape index (κ2) is 8.87. The Morgan fingerprint density at radius 3 is 2.65 bits per heavy atom. The molecule has 0 unspecified atom stereocenters. The number of hydrogen-bond donors (Lipinski definition) is 1. The van der Waals surface area contributed by atoms with Crippen LogP contribution in [0, 0.1) is 5.82 Å². The van der Waals surface area contributed by atoms with Crippen molar-refractivity contribution in [3.8, 4) is 5.75 Å². The van der Waals surface area contributed by atoms with Gasteiger partial charge in [-0.25, -0.2) is 4.39 Å². The van der Waals surface area contributed by atoms with Crippen LogP contribution in [-0.2, 0) is 13.2 Å². The van der Waals surface area contributed by atoms with Crippen molar-refractivity contribution in [2.75, 3.05) is 27.2 Å². The fourth-order valence-electron chi connectivity index (χ4n) is 2.14. The Bertz CT molecular complexity index is 614. The Kier molecular flexibility index (Phi) is 6.84. The van der Waals surface area contributed by atoms with Crippen LogP contribution in [0.15, 0.2) is 42.5 Å². The monoisotopic (exact) mass is 336 g/mol. The molecule has 5 heteroatoms. The van der Waals surface area contributed by atoms with Gasteiger partial charge in [0, 0.05) is 30.8 Å². The van der Waals surface area contributed by atoms with Gasteiger partial charge in [0.15, 0.2) is 0 Å². The maximum Gasteiger partial charge on any atom is 0.131 e. The van der Waals surface area contributed by atoms with E-state index in [4.69, 9.17) is 16.3 Å². The molecule has 1 N–H and O–H groups in total. The van der Waals surface area contributed by atoms with Gasteiger partial charge in [0.2, 0.25) is 0 Å². The molecule has 0 saturated carbocycles. The summed E-state index contributed by atoms with van der Waals surface area (Å²) in [7, 11) is 4.08. The van der Waals surface area contributed by atoms with Crippen LogP contribution in [0.1, 0.15) is 11.1 Å². The van der Waals surface area contributed by atoms with E-state index in [1.165, 1.54) is 6.07 Å². The van der Waals surface area contributed by atoms with Crippen LogP contribution in [0.4, 0.5) is 4.39 Å². The van der Waals surface area contributed by atoms with Crippen LogP contribution < -0.4 is 10.1 Å². The Labute approximate surface area is 142 Å². The summed E-state index contributed by atoms with van der Waals surface area (Å²) in [5.41, 5.74) is 1.42. The fourth-order valence-corrected chi connectivity index (χ4v) is 2.35. The Morgan fingerprint density at radius 1 is 1.13 bits per heavy atom. The van der Waals surface area contributed by atoms with Crippen LogP contribution in [0.3, 0.4) is 0 Å². The molecule has 0 fully saturated rings. The van der Waals surface area contributed by atoms with E-state index in [2.05, 4.69) is 10.2 Å². The molecule has 0 aliphatic heterocycles. The molecule has 0 atom stereocenters. The lowest BCUT2D eigenvalue weighted by atomic mass is 10.2. The molecule has 0 aliphatic rings. The van der Waals surface area contributed by atoms with E-state index in [-0.39, 0.29) is 12.4 Å². The van der Waals surface area contributed by atoms with Gasteiger partial charge in [-0.3, -0.25) is 0 Å². The molecule has 3 nitrogen and oxygen atoms in total. The normalized spacial score (nSPS) is 11.0. The number of nitrogens with one attached hydrogen (secondary N) is 1. The third-order valence-electron chi connectivity index (χ3n) is 3.46. The summed E-state index contributed by atoms with van der Waals surface area (Å²) in [5.74, 6) is 0.392. The summed E-state index contributed by atoms with van der Waals surface area (Å²) in [6.45, 7) is 2.67. The summed E-state index contributed by atoms with van der Waals surface area (Å²) in [6.07, 6.45) is 0. The van der Waals surface area contributed by atoms with Crippen molar-refractivity contribution < 1.29 is 9.13 Å². The average molecular weight is 337 g/mol. The van der Waals surface area contributed by atoms with Gasteiger partial charge in [-0.2, -0.15) is 0 Å². The van der Waals surface area contributed by atoms with Crippen molar-refractivity contribution in [1.82, 2.24) is 10.2 Å². The molecule has 0 spiro atoms. The fraction of sp³-hybridized carbons (Fsp3) is 0.333. The van der Waals surface area contributed by atoms with Gasteiger partial charge in [0.25, 0.3) is 0 Å². The zero-order chi connectivity index (χ0) is 16.7. The molecule has 2 aromatic carbocycles. The average Bonchev–Trinajstić information content (AvgIpc) is 2.52. The van der Waals surface area contributed by atoms with Gasteiger partial charge in [-0.15, -0.1) is 0 Å². The van der Waals surface area contributed by atoms with Crippen LogP contribution in [0.25, 0.3) is 0 Å². The summed E-state index contributed by atoms with van der Waals surface area (Å²) < 4.78 is 19.6. The number of rotatable bonds is 8. The van der Waals surface area contributed by atoms with Gasteiger partial charge in [0.05, 0.1) is 5.02 Å². The number of halogens is 2. The Balaban J connectivity index is 1.97. The van der Waals surface area contributed by atoms with Crippen LogP contribution in [0.5, 0.6) is 5.75 Å². The lowest BCUT2D eigenvalue weighted by molar-refractivity contribution is 0.296. The molecule has 0 bridgehead atoms. The first kappa shape index (κ1) is 17.7. The molecule has 2 aromatic rings. The van der Waals surface area contributed by atoms with Crippen LogP contribution in [-0.4, -0.2) is 32.1 Å². The second-order valence-electron chi connectivity index (χ2n) is 5.58. The number of nitrogens with zero attached hydrogens (tertiary/aromatic N) is 1. The lowest BCUT2D eigenvalue weighted by Gasteiger charge is -2.14. The largest absolute Gasteiger partial charge is 0.488 e. The predicted octanol–water partition coefficient (Wildman–Crippen LogP) is 3.71. The summed E-state index contributed by atoms with van der Waals surface area (Å²) in [5, 5.41) is 3.75. The number of para-hydroxylation sites is 1. The highest BCUT2D eigenvalue weighted by atomic mass is 35.5. The second-order valence-corrected chi connectivity index (χ2v) is 5.98. The number of hydrogen-bond acceptors (Lipinski definition) is 3. The van der Waals surface area contributed by atoms with Crippen LogP contribution >= 0.6 is 11.6 Å². The maximum atomic E-state index is 13.8. The van der Waals surface area contributed by atoms with Crippen molar-refractivity contribution in [1.29, 1.82) is 0 Å².